The molecule has 2 rings (SSSR count). The van der Waals surface area contributed by atoms with E-state index in [-0.39, 0.29) is 12.0 Å². The summed E-state index contributed by atoms with van der Waals surface area (Å²) in [4.78, 5) is 15.0. The average molecular weight is 214 g/mol. The van der Waals surface area contributed by atoms with Crippen LogP contribution in [-0.4, -0.2) is 73.4 Å². The van der Waals surface area contributed by atoms with Crippen LogP contribution in [0.15, 0.2) is 0 Å². The highest BCUT2D eigenvalue weighted by atomic mass is 16.5. The van der Waals surface area contributed by atoms with Gasteiger partial charge in [-0.05, 0) is 7.05 Å². The van der Waals surface area contributed by atoms with Gasteiger partial charge in [0, 0.05) is 32.7 Å². The highest BCUT2D eigenvalue weighted by molar-refractivity contribution is 5.71. The Balaban J connectivity index is 1.68. The minimum Gasteiger partial charge on any atom is -0.481 e. The van der Waals surface area contributed by atoms with E-state index < -0.39 is 5.97 Å². The minimum atomic E-state index is -0.673. The van der Waals surface area contributed by atoms with Crippen LogP contribution in [0.3, 0.4) is 0 Å². The maximum absolute atomic E-state index is 10.6. The Kier molecular flexibility index (Phi) is 3.23. The van der Waals surface area contributed by atoms with Crippen molar-refractivity contribution in [1.29, 1.82) is 0 Å². The van der Waals surface area contributed by atoms with Crippen molar-refractivity contribution in [2.24, 2.45) is 5.92 Å². The standard InChI is InChI=1S/C10H18N2O3/c1-11-2-3-15-9(6-11)7-12-4-8(5-12)10(13)14/h8-9H,2-7H2,1H3,(H,13,14). The van der Waals surface area contributed by atoms with E-state index in [0.717, 1.165) is 26.2 Å². The Hall–Kier alpha value is -0.650. The van der Waals surface area contributed by atoms with Gasteiger partial charge in [-0.2, -0.15) is 0 Å². The third-order valence-electron chi connectivity index (χ3n) is 3.11. The molecule has 0 aliphatic carbocycles. The summed E-state index contributed by atoms with van der Waals surface area (Å²) in [5.74, 6) is -0.834. The number of hydrogen-bond donors (Lipinski definition) is 1. The molecule has 1 unspecified atom stereocenters. The van der Waals surface area contributed by atoms with Gasteiger partial charge in [0.2, 0.25) is 0 Å². The number of likely N-dealkylation sites (N-methyl/N-ethyl adjacent to an activating group) is 1. The highest BCUT2D eigenvalue weighted by Gasteiger charge is 2.34. The lowest BCUT2D eigenvalue weighted by Gasteiger charge is -2.40. The zero-order valence-electron chi connectivity index (χ0n) is 9.06. The topological polar surface area (TPSA) is 53.0 Å². The molecule has 0 aromatic carbocycles. The number of morpholine rings is 1. The van der Waals surface area contributed by atoms with Crippen molar-refractivity contribution in [3.8, 4) is 0 Å². The van der Waals surface area contributed by atoms with Gasteiger partial charge in [-0.25, -0.2) is 0 Å². The van der Waals surface area contributed by atoms with Crippen molar-refractivity contribution in [1.82, 2.24) is 9.80 Å². The summed E-state index contributed by atoms with van der Waals surface area (Å²) in [7, 11) is 2.09. The number of ether oxygens (including phenoxy) is 1. The van der Waals surface area contributed by atoms with Gasteiger partial charge >= 0.3 is 5.97 Å². The zero-order valence-corrected chi connectivity index (χ0v) is 9.06. The first-order valence-corrected chi connectivity index (χ1v) is 5.40. The molecule has 0 radical (unpaired) electrons. The Morgan fingerprint density at radius 1 is 1.47 bits per heavy atom. The first-order chi connectivity index (χ1) is 7.15. The number of carboxylic acids is 1. The van der Waals surface area contributed by atoms with Crippen molar-refractivity contribution in [2.45, 2.75) is 6.10 Å². The van der Waals surface area contributed by atoms with E-state index in [2.05, 4.69) is 16.8 Å². The molecule has 86 valence electrons. The molecule has 0 aromatic heterocycles. The van der Waals surface area contributed by atoms with Crippen LogP contribution in [-0.2, 0) is 9.53 Å². The minimum absolute atomic E-state index is 0.161. The van der Waals surface area contributed by atoms with E-state index >= 15 is 0 Å². The molecule has 5 heteroatoms. The summed E-state index contributed by atoms with van der Waals surface area (Å²) in [5, 5.41) is 8.73. The second-order valence-corrected chi connectivity index (χ2v) is 4.51. The summed E-state index contributed by atoms with van der Waals surface area (Å²) < 4.78 is 5.62. The normalized spacial score (nSPS) is 30.1. The van der Waals surface area contributed by atoms with Gasteiger partial charge in [0.25, 0.3) is 0 Å². The summed E-state index contributed by atoms with van der Waals surface area (Å²) in [5.41, 5.74) is 0. The molecule has 0 spiro atoms. The van der Waals surface area contributed by atoms with E-state index in [1.165, 1.54) is 0 Å². The summed E-state index contributed by atoms with van der Waals surface area (Å²) in [6.45, 7) is 4.96. The molecule has 2 fully saturated rings. The van der Waals surface area contributed by atoms with Crippen molar-refractivity contribution in [2.75, 3.05) is 46.4 Å². The number of carboxylic acid groups (broad SMARTS) is 1. The largest absolute Gasteiger partial charge is 0.481 e. The van der Waals surface area contributed by atoms with Crippen LogP contribution >= 0.6 is 0 Å². The lowest BCUT2D eigenvalue weighted by atomic mass is 10.00. The molecule has 0 amide bonds. The van der Waals surface area contributed by atoms with Crippen molar-refractivity contribution in [3.05, 3.63) is 0 Å². The lowest BCUT2D eigenvalue weighted by Crippen LogP contribution is -2.55. The third kappa shape index (κ3) is 2.68. The summed E-state index contributed by atoms with van der Waals surface area (Å²) >= 11 is 0. The number of carbonyl (C=O) groups is 1. The first kappa shape index (κ1) is 10.9. The molecular weight excluding hydrogens is 196 g/mol. The van der Waals surface area contributed by atoms with E-state index in [1.54, 1.807) is 0 Å². The quantitative estimate of drug-likeness (QED) is 0.675. The van der Waals surface area contributed by atoms with Crippen LogP contribution < -0.4 is 0 Å². The first-order valence-electron chi connectivity index (χ1n) is 5.40. The molecule has 15 heavy (non-hydrogen) atoms. The van der Waals surface area contributed by atoms with Crippen molar-refractivity contribution >= 4 is 5.97 Å². The number of nitrogens with zero attached hydrogens (tertiary/aromatic N) is 2. The van der Waals surface area contributed by atoms with Crippen LogP contribution in [0.5, 0.6) is 0 Å². The van der Waals surface area contributed by atoms with Gasteiger partial charge in [-0.1, -0.05) is 0 Å². The van der Waals surface area contributed by atoms with E-state index in [9.17, 15) is 4.79 Å². The van der Waals surface area contributed by atoms with Crippen LogP contribution in [0.4, 0.5) is 0 Å². The summed E-state index contributed by atoms with van der Waals surface area (Å²) in [6.07, 6.45) is 0.249. The van der Waals surface area contributed by atoms with Crippen molar-refractivity contribution in [3.63, 3.8) is 0 Å². The Morgan fingerprint density at radius 3 is 2.80 bits per heavy atom. The fourth-order valence-corrected chi connectivity index (χ4v) is 2.14. The number of rotatable bonds is 3. The van der Waals surface area contributed by atoms with Gasteiger partial charge < -0.3 is 14.7 Å². The Labute approximate surface area is 89.6 Å². The second-order valence-electron chi connectivity index (χ2n) is 4.51. The smallest absolute Gasteiger partial charge is 0.309 e. The van der Waals surface area contributed by atoms with Crippen molar-refractivity contribution < 1.29 is 14.6 Å². The number of hydrogen-bond acceptors (Lipinski definition) is 4. The van der Waals surface area contributed by atoms with Gasteiger partial charge in [-0.15, -0.1) is 0 Å². The van der Waals surface area contributed by atoms with Gasteiger partial charge in [0.05, 0.1) is 18.6 Å². The van der Waals surface area contributed by atoms with E-state index in [0.29, 0.717) is 13.1 Å². The predicted octanol–water partition coefficient (Wildman–Crippen LogP) is -0.667. The zero-order chi connectivity index (χ0) is 10.8. The van der Waals surface area contributed by atoms with E-state index in [4.69, 9.17) is 9.84 Å². The molecule has 1 N–H and O–H groups in total. The predicted molar refractivity (Wildman–Crippen MR) is 54.8 cm³/mol. The SMILES string of the molecule is CN1CCOC(CN2CC(C(=O)O)C2)C1. The van der Waals surface area contributed by atoms with Crippen LogP contribution in [0.1, 0.15) is 0 Å². The second kappa shape index (κ2) is 4.47. The van der Waals surface area contributed by atoms with Crippen LogP contribution in [0.25, 0.3) is 0 Å². The Bertz CT molecular complexity index is 241. The molecular formula is C10H18N2O3. The van der Waals surface area contributed by atoms with Gasteiger partial charge in [0.15, 0.2) is 0 Å². The third-order valence-corrected chi connectivity index (χ3v) is 3.11. The lowest BCUT2D eigenvalue weighted by molar-refractivity contribution is -0.149. The van der Waals surface area contributed by atoms with Crippen LogP contribution in [0, 0.1) is 5.92 Å². The molecule has 0 saturated carbocycles. The summed E-state index contributed by atoms with van der Waals surface area (Å²) in [6, 6.07) is 0. The van der Waals surface area contributed by atoms with Gasteiger partial charge in [0.1, 0.15) is 0 Å². The molecule has 2 heterocycles. The molecule has 1 atom stereocenters. The highest BCUT2D eigenvalue weighted by Crippen LogP contribution is 2.17. The van der Waals surface area contributed by atoms with Crippen LogP contribution in [0.2, 0.25) is 0 Å². The molecule has 2 saturated heterocycles. The molecule has 0 bridgehead atoms. The fraction of sp³-hybridized carbons (Fsp3) is 0.900. The maximum atomic E-state index is 10.6. The molecule has 5 nitrogen and oxygen atoms in total. The average Bonchev–Trinajstić information content (AvgIpc) is 2.10. The molecule has 2 aliphatic heterocycles. The molecule has 2 aliphatic rings. The monoisotopic (exact) mass is 214 g/mol. The fourth-order valence-electron chi connectivity index (χ4n) is 2.14. The van der Waals surface area contributed by atoms with Gasteiger partial charge in [-0.3, -0.25) is 9.69 Å². The number of likely N-dealkylation sites (tertiary alicyclic amines) is 1. The number of aliphatic carboxylic acids is 1. The molecule has 0 aromatic rings. The maximum Gasteiger partial charge on any atom is 0.309 e. The Morgan fingerprint density at radius 2 is 2.20 bits per heavy atom. The van der Waals surface area contributed by atoms with E-state index in [1.807, 2.05) is 0 Å².